The second-order valence-corrected chi connectivity index (χ2v) is 10.7. The number of aromatic nitrogens is 1. The normalized spacial score (nSPS) is 13.8. The summed E-state index contributed by atoms with van der Waals surface area (Å²) in [5.74, 6) is 0.960. The standard InChI is InChI=1S/C26H27N3O3S2/c1-15(2)29-10-9-19-22(14-29)34-26(23(19)25-27-20-7-5-6-8-21(20)33-25)28-24(30)16-11-17(31-3)13-18(12-16)32-4/h5-8,11-13,15H,9-10,14H2,1-4H3,(H,28,30). The summed E-state index contributed by atoms with van der Waals surface area (Å²) in [6, 6.07) is 13.9. The van der Waals surface area contributed by atoms with Gasteiger partial charge >= 0.3 is 0 Å². The number of thiophene rings is 1. The Bertz CT molecular complexity index is 1300. The van der Waals surface area contributed by atoms with Crippen molar-refractivity contribution in [3.05, 3.63) is 58.5 Å². The first kappa shape index (κ1) is 22.8. The van der Waals surface area contributed by atoms with Gasteiger partial charge in [0.2, 0.25) is 0 Å². The summed E-state index contributed by atoms with van der Waals surface area (Å²) in [6.07, 6.45) is 0.943. The Kier molecular flexibility index (Phi) is 6.29. The second-order valence-electron chi connectivity index (χ2n) is 8.56. The Hall–Kier alpha value is -2.94. The number of ether oxygens (including phenoxy) is 2. The van der Waals surface area contributed by atoms with Crippen LogP contribution in [0.2, 0.25) is 0 Å². The van der Waals surface area contributed by atoms with Crippen LogP contribution in [-0.4, -0.2) is 42.6 Å². The molecule has 0 spiro atoms. The van der Waals surface area contributed by atoms with Crippen molar-refractivity contribution in [3.63, 3.8) is 0 Å². The third kappa shape index (κ3) is 4.29. The number of anilines is 1. The molecule has 4 aromatic rings. The number of nitrogens with one attached hydrogen (secondary N) is 1. The number of rotatable bonds is 6. The highest BCUT2D eigenvalue weighted by Gasteiger charge is 2.28. The summed E-state index contributed by atoms with van der Waals surface area (Å²) in [4.78, 5) is 22.1. The number of hydrogen-bond donors (Lipinski definition) is 1. The van der Waals surface area contributed by atoms with E-state index in [2.05, 4.69) is 30.1 Å². The molecule has 6 nitrogen and oxygen atoms in total. The van der Waals surface area contributed by atoms with Crippen molar-refractivity contribution >= 4 is 43.8 Å². The number of methoxy groups -OCH3 is 2. The van der Waals surface area contributed by atoms with E-state index in [1.807, 2.05) is 18.2 Å². The van der Waals surface area contributed by atoms with Crippen molar-refractivity contribution in [2.24, 2.45) is 0 Å². The molecule has 0 unspecified atom stereocenters. The molecule has 0 radical (unpaired) electrons. The zero-order chi connectivity index (χ0) is 23.8. The third-order valence-corrected chi connectivity index (χ3v) is 8.35. The van der Waals surface area contributed by atoms with Crippen LogP contribution >= 0.6 is 22.7 Å². The zero-order valence-electron chi connectivity index (χ0n) is 19.7. The maximum absolute atomic E-state index is 13.3. The van der Waals surface area contributed by atoms with Gasteiger partial charge in [-0.2, -0.15) is 0 Å². The van der Waals surface area contributed by atoms with Gasteiger partial charge in [0, 0.05) is 41.2 Å². The first-order chi connectivity index (χ1) is 16.5. The van der Waals surface area contributed by atoms with Crippen molar-refractivity contribution in [3.8, 4) is 22.1 Å². The van der Waals surface area contributed by atoms with Gasteiger partial charge in [-0.15, -0.1) is 22.7 Å². The minimum atomic E-state index is -0.195. The lowest BCUT2D eigenvalue weighted by Crippen LogP contribution is -2.35. The van der Waals surface area contributed by atoms with Crippen LogP contribution in [-0.2, 0) is 13.0 Å². The number of nitrogens with zero attached hydrogens (tertiary/aromatic N) is 2. The van der Waals surface area contributed by atoms with Gasteiger partial charge in [0.15, 0.2) is 0 Å². The van der Waals surface area contributed by atoms with Crippen molar-refractivity contribution in [2.75, 3.05) is 26.1 Å². The van der Waals surface area contributed by atoms with Crippen LogP contribution in [0.15, 0.2) is 42.5 Å². The van der Waals surface area contributed by atoms with E-state index in [0.717, 1.165) is 45.3 Å². The highest BCUT2D eigenvalue weighted by molar-refractivity contribution is 7.23. The molecule has 0 saturated heterocycles. The van der Waals surface area contributed by atoms with Crippen molar-refractivity contribution < 1.29 is 14.3 Å². The Morgan fingerprint density at radius 2 is 1.82 bits per heavy atom. The quantitative estimate of drug-likeness (QED) is 0.354. The molecular formula is C26H27N3O3S2. The molecule has 1 aliphatic rings. The number of carbonyl (C=O) groups is 1. The van der Waals surface area contributed by atoms with Gasteiger partial charge in [0.1, 0.15) is 21.5 Å². The first-order valence-electron chi connectivity index (χ1n) is 11.3. The number of carbonyl (C=O) groups excluding carboxylic acids is 1. The van der Waals surface area contributed by atoms with Gasteiger partial charge in [-0.1, -0.05) is 12.1 Å². The molecule has 5 rings (SSSR count). The molecule has 0 bridgehead atoms. The van der Waals surface area contributed by atoms with E-state index >= 15 is 0 Å². The maximum atomic E-state index is 13.3. The summed E-state index contributed by atoms with van der Waals surface area (Å²) < 4.78 is 11.9. The van der Waals surface area contributed by atoms with E-state index in [0.29, 0.717) is 23.1 Å². The molecule has 0 atom stereocenters. The van der Waals surface area contributed by atoms with E-state index in [1.165, 1.54) is 10.4 Å². The Balaban J connectivity index is 1.57. The Morgan fingerprint density at radius 3 is 2.50 bits per heavy atom. The zero-order valence-corrected chi connectivity index (χ0v) is 21.3. The molecule has 176 valence electrons. The summed E-state index contributed by atoms with van der Waals surface area (Å²) in [5.41, 5.74) is 3.84. The molecular weight excluding hydrogens is 466 g/mol. The third-order valence-electron chi connectivity index (χ3n) is 6.17. The van der Waals surface area contributed by atoms with E-state index in [-0.39, 0.29) is 5.91 Å². The first-order valence-corrected chi connectivity index (χ1v) is 12.9. The number of benzene rings is 2. The van der Waals surface area contributed by atoms with Gasteiger partial charge in [-0.05, 0) is 50.1 Å². The predicted molar refractivity (Wildman–Crippen MR) is 140 cm³/mol. The smallest absolute Gasteiger partial charge is 0.256 e. The fourth-order valence-electron chi connectivity index (χ4n) is 4.27. The summed E-state index contributed by atoms with van der Waals surface area (Å²) in [7, 11) is 3.16. The molecule has 0 saturated carbocycles. The maximum Gasteiger partial charge on any atom is 0.256 e. The van der Waals surface area contributed by atoms with Gasteiger partial charge in [-0.3, -0.25) is 9.69 Å². The fraction of sp³-hybridized carbons (Fsp3) is 0.308. The number of hydrogen-bond acceptors (Lipinski definition) is 7. The molecule has 2 aromatic heterocycles. The van der Waals surface area contributed by atoms with E-state index in [9.17, 15) is 4.79 Å². The largest absolute Gasteiger partial charge is 0.497 e. The summed E-state index contributed by atoms with van der Waals surface area (Å²) in [6.45, 7) is 6.34. The van der Waals surface area contributed by atoms with E-state index < -0.39 is 0 Å². The molecule has 0 fully saturated rings. The van der Waals surface area contributed by atoms with Crippen LogP contribution in [0.25, 0.3) is 20.8 Å². The predicted octanol–water partition coefficient (Wildman–Crippen LogP) is 6.06. The average Bonchev–Trinajstić information content (AvgIpc) is 3.43. The summed E-state index contributed by atoms with van der Waals surface area (Å²) in [5, 5.41) is 4.99. The lowest BCUT2D eigenvalue weighted by Gasteiger charge is -2.30. The van der Waals surface area contributed by atoms with Gasteiger partial charge in [0.25, 0.3) is 5.91 Å². The lowest BCUT2D eigenvalue weighted by molar-refractivity contribution is 0.102. The number of fused-ring (bicyclic) bond motifs is 2. The second kappa shape index (κ2) is 9.37. The molecule has 1 N–H and O–H groups in total. The van der Waals surface area contributed by atoms with Crippen LogP contribution in [0.5, 0.6) is 11.5 Å². The van der Waals surface area contributed by atoms with Gasteiger partial charge in [-0.25, -0.2) is 4.98 Å². The van der Waals surface area contributed by atoms with Crippen LogP contribution in [0, 0.1) is 0 Å². The highest BCUT2D eigenvalue weighted by Crippen LogP contribution is 2.46. The highest BCUT2D eigenvalue weighted by atomic mass is 32.1. The molecule has 1 amide bonds. The SMILES string of the molecule is COc1cc(OC)cc(C(=O)Nc2sc3c(c2-c2nc4ccccc4s2)CCN(C(C)C)C3)c1. The summed E-state index contributed by atoms with van der Waals surface area (Å²) >= 11 is 3.34. The average molecular weight is 494 g/mol. The molecule has 0 aliphatic carbocycles. The minimum Gasteiger partial charge on any atom is -0.497 e. The van der Waals surface area contributed by atoms with Crippen molar-refractivity contribution in [1.29, 1.82) is 0 Å². The van der Waals surface area contributed by atoms with E-state index in [4.69, 9.17) is 14.5 Å². The fourth-order valence-corrected chi connectivity index (χ4v) is 6.65. The molecule has 8 heteroatoms. The lowest BCUT2D eigenvalue weighted by atomic mass is 10.0. The molecule has 2 aromatic carbocycles. The van der Waals surface area contributed by atoms with Crippen LogP contribution in [0.3, 0.4) is 0 Å². The van der Waals surface area contributed by atoms with Gasteiger partial charge < -0.3 is 14.8 Å². The van der Waals surface area contributed by atoms with Crippen molar-refractivity contribution in [2.45, 2.75) is 32.9 Å². The number of para-hydroxylation sites is 1. The monoisotopic (exact) mass is 493 g/mol. The minimum absolute atomic E-state index is 0.195. The topological polar surface area (TPSA) is 63.7 Å². The Labute approximate surface area is 207 Å². The molecule has 34 heavy (non-hydrogen) atoms. The van der Waals surface area contributed by atoms with Gasteiger partial charge in [0.05, 0.1) is 24.4 Å². The molecule has 1 aliphatic heterocycles. The Morgan fingerprint density at radius 1 is 1.09 bits per heavy atom. The number of thiazole rings is 1. The van der Waals surface area contributed by atoms with Crippen LogP contribution < -0.4 is 14.8 Å². The molecule has 3 heterocycles. The van der Waals surface area contributed by atoms with Crippen molar-refractivity contribution in [1.82, 2.24) is 9.88 Å². The van der Waals surface area contributed by atoms with E-state index in [1.54, 1.807) is 55.1 Å². The van der Waals surface area contributed by atoms with Crippen LogP contribution in [0.4, 0.5) is 5.00 Å². The van der Waals surface area contributed by atoms with Crippen LogP contribution in [0.1, 0.15) is 34.6 Å². The number of amides is 1.